The molecule has 2 heterocycles. The van der Waals surface area contributed by atoms with Crippen molar-refractivity contribution in [3.05, 3.63) is 295 Å². The first kappa shape index (κ1) is 42.5. The van der Waals surface area contributed by atoms with Crippen LogP contribution in [0.4, 0.5) is 17.1 Å². The van der Waals surface area contributed by atoms with Crippen LogP contribution in [0.2, 0.25) is 0 Å². The summed E-state index contributed by atoms with van der Waals surface area (Å²) in [6.45, 7) is 0. The number of rotatable bonds is 6. The van der Waals surface area contributed by atoms with Crippen LogP contribution in [0, 0.1) is 0 Å². The maximum atomic E-state index is 7.01. The zero-order valence-corrected chi connectivity index (χ0v) is 41.2. The second-order valence-corrected chi connectivity index (χ2v) is 20.2. The number of benzene rings is 13. The first-order valence-electron chi connectivity index (χ1n) is 26.1. The Kier molecular flexibility index (Phi) is 9.25. The lowest BCUT2D eigenvalue weighted by Gasteiger charge is -2.39. The minimum absolute atomic E-state index is 0.547. The number of hydrogen-bond donors (Lipinski definition) is 0. The lowest BCUT2D eigenvalue weighted by Crippen LogP contribution is -2.32. The third kappa shape index (κ3) is 6.11. The lowest BCUT2D eigenvalue weighted by molar-refractivity contribution is 0.436. The van der Waals surface area contributed by atoms with Crippen LogP contribution in [0.1, 0.15) is 22.3 Å². The second-order valence-electron chi connectivity index (χ2n) is 20.2. The average Bonchev–Trinajstić information content (AvgIpc) is 4.18. The van der Waals surface area contributed by atoms with E-state index in [0.717, 1.165) is 89.1 Å². The van der Waals surface area contributed by atoms with E-state index in [-0.39, 0.29) is 0 Å². The molecule has 0 radical (unpaired) electrons. The van der Waals surface area contributed by atoms with Crippen LogP contribution in [-0.2, 0) is 5.41 Å². The van der Waals surface area contributed by atoms with E-state index in [4.69, 9.17) is 9.15 Å². The highest BCUT2D eigenvalue weighted by Gasteiger charge is 2.51. The highest BCUT2D eigenvalue weighted by molar-refractivity contribution is 6.21. The minimum Gasteiger partial charge on any atom is -0.457 e. The van der Waals surface area contributed by atoms with Gasteiger partial charge in [-0.3, -0.25) is 0 Å². The molecule has 0 saturated heterocycles. The van der Waals surface area contributed by atoms with Crippen LogP contribution < -0.4 is 9.64 Å². The van der Waals surface area contributed by atoms with Gasteiger partial charge in [0, 0.05) is 49.6 Å². The fourth-order valence-corrected chi connectivity index (χ4v) is 13.1. The van der Waals surface area contributed by atoms with Crippen molar-refractivity contribution in [3.63, 3.8) is 0 Å². The molecule has 1 aliphatic carbocycles. The molecule has 1 aromatic heterocycles. The maximum Gasteiger partial charge on any atom is 0.143 e. The molecule has 3 nitrogen and oxygen atoms in total. The molecule has 14 aromatic rings. The summed E-state index contributed by atoms with van der Waals surface area (Å²) < 4.78 is 13.7. The van der Waals surface area contributed by atoms with Crippen molar-refractivity contribution in [2.45, 2.75) is 5.41 Å². The Bertz CT molecular complexity index is 4620. The van der Waals surface area contributed by atoms with Crippen molar-refractivity contribution >= 4 is 71.3 Å². The predicted molar refractivity (Wildman–Crippen MR) is 315 cm³/mol. The van der Waals surface area contributed by atoms with Gasteiger partial charge in [0.25, 0.3) is 0 Å². The summed E-state index contributed by atoms with van der Waals surface area (Å²) in [4.78, 5) is 2.43. The second kappa shape index (κ2) is 16.5. The van der Waals surface area contributed by atoms with Crippen molar-refractivity contribution in [1.29, 1.82) is 0 Å². The number of anilines is 3. The predicted octanol–water partition coefficient (Wildman–Crippen LogP) is 20.0. The van der Waals surface area contributed by atoms with Gasteiger partial charge in [0.1, 0.15) is 22.7 Å². The Morgan fingerprint density at radius 3 is 1.53 bits per heavy atom. The normalized spacial score (nSPS) is 12.9. The van der Waals surface area contributed by atoms with Gasteiger partial charge in [-0.1, -0.05) is 224 Å². The van der Waals surface area contributed by atoms with E-state index in [9.17, 15) is 0 Å². The van der Waals surface area contributed by atoms with Gasteiger partial charge in [-0.05, 0) is 120 Å². The van der Waals surface area contributed by atoms with Crippen molar-refractivity contribution in [3.8, 4) is 56.0 Å². The van der Waals surface area contributed by atoms with Gasteiger partial charge in [-0.25, -0.2) is 0 Å². The molecule has 354 valence electrons. The van der Waals surface area contributed by atoms with Gasteiger partial charge in [-0.15, -0.1) is 0 Å². The molecule has 0 amide bonds. The van der Waals surface area contributed by atoms with Gasteiger partial charge in [0.05, 0.1) is 11.1 Å². The lowest BCUT2D eigenvalue weighted by atomic mass is 9.66. The summed E-state index contributed by atoms with van der Waals surface area (Å²) in [5, 5.41) is 9.32. The molecule has 76 heavy (non-hydrogen) atoms. The Morgan fingerprint density at radius 1 is 0.289 bits per heavy atom. The molecule has 1 aliphatic heterocycles. The monoisotopic (exact) mass is 967 g/mol. The number of para-hydroxylation sites is 3. The topological polar surface area (TPSA) is 25.6 Å². The van der Waals surface area contributed by atoms with Gasteiger partial charge in [-0.2, -0.15) is 0 Å². The van der Waals surface area contributed by atoms with Crippen molar-refractivity contribution in [1.82, 2.24) is 0 Å². The average molecular weight is 968 g/mol. The van der Waals surface area contributed by atoms with Gasteiger partial charge in [0.15, 0.2) is 0 Å². The van der Waals surface area contributed by atoms with E-state index in [2.05, 4.69) is 278 Å². The summed E-state index contributed by atoms with van der Waals surface area (Å²) >= 11 is 0. The summed E-state index contributed by atoms with van der Waals surface area (Å²) in [7, 11) is 0. The molecule has 2 aliphatic rings. The Labute approximate surface area is 439 Å². The van der Waals surface area contributed by atoms with Crippen molar-refractivity contribution in [2.24, 2.45) is 0 Å². The largest absolute Gasteiger partial charge is 0.457 e. The fraction of sp³-hybridized carbons (Fsp3) is 0.0137. The van der Waals surface area contributed by atoms with Crippen LogP contribution in [0.15, 0.2) is 277 Å². The first-order valence-corrected chi connectivity index (χ1v) is 26.1. The van der Waals surface area contributed by atoms with E-state index in [1.54, 1.807) is 0 Å². The summed E-state index contributed by atoms with van der Waals surface area (Å²) in [6, 6.07) is 99.4. The molecule has 0 atom stereocenters. The number of furan rings is 1. The number of ether oxygens (including phenoxy) is 1. The molecule has 0 N–H and O–H groups in total. The molecule has 0 fully saturated rings. The highest BCUT2D eigenvalue weighted by Crippen LogP contribution is 2.63. The van der Waals surface area contributed by atoms with Crippen LogP contribution in [0.3, 0.4) is 0 Å². The molecular weight excluding hydrogens is 923 g/mol. The smallest absolute Gasteiger partial charge is 0.143 e. The molecule has 1 spiro atoms. The Morgan fingerprint density at radius 2 is 0.789 bits per heavy atom. The molecule has 0 unspecified atom stereocenters. The standard InChI is InChI=1S/C73H45NO2/c1-2-18-46(19-3-1)54-28-16-29-59-62-45-67(57-24-8-9-25-58(57)72(62)76-71(54)59)74(51-42-38-48(39-43-51)61-44-49-20-4-5-21-52(49)55-22-6-7-23-56(55)61)50-40-36-47(37-41-50)53-27-17-33-66-70(53)60-26-10-11-30-63(60)73(66)64-31-12-14-34-68(64)75-69-35-15-13-32-65(69)73/h1-45H. The summed E-state index contributed by atoms with van der Waals surface area (Å²) in [5.41, 5.74) is 18.7. The molecule has 0 saturated carbocycles. The zero-order valence-electron chi connectivity index (χ0n) is 41.2. The van der Waals surface area contributed by atoms with E-state index >= 15 is 0 Å². The molecule has 13 aromatic carbocycles. The van der Waals surface area contributed by atoms with Crippen LogP contribution in [0.25, 0.3) is 98.8 Å². The zero-order chi connectivity index (χ0) is 49.9. The first-order chi connectivity index (χ1) is 37.7. The molecule has 0 bridgehead atoms. The van der Waals surface area contributed by atoms with Crippen molar-refractivity contribution < 1.29 is 9.15 Å². The quantitative estimate of drug-likeness (QED) is 0.155. The molecule has 3 heteroatoms. The van der Waals surface area contributed by atoms with Crippen LogP contribution >= 0.6 is 0 Å². The van der Waals surface area contributed by atoms with E-state index < -0.39 is 5.41 Å². The van der Waals surface area contributed by atoms with Crippen LogP contribution in [0.5, 0.6) is 11.5 Å². The maximum absolute atomic E-state index is 7.01. The highest BCUT2D eigenvalue weighted by atomic mass is 16.5. The van der Waals surface area contributed by atoms with Gasteiger partial charge >= 0.3 is 0 Å². The van der Waals surface area contributed by atoms with Crippen molar-refractivity contribution in [2.75, 3.05) is 4.90 Å². The van der Waals surface area contributed by atoms with E-state index in [1.165, 1.54) is 60.5 Å². The molecular formula is C73H45NO2. The Balaban J connectivity index is 0.894. The van der Waals surface area contributed by atoms with Gasteiger partial charge < -0.3 is 14.1 Å². The summed E-state index contributed by atoms with van der Waals surface area (Å²) in [5.74, 6) is 1.78. The number of fused-ring (bicyclic) bond motifs is 17. The fourth-order valence-electron chi connectivity index (χ4n) is 13.1. The van der Waals surface area contributed by atoms with Gasteiger partial charge in [0.2, 0.25) is 0 Å². The van der Waals surface area contributed by atoms with E-state index in [1.807, 2.05) is 0 Å². The van der Waals surface area contributed by atoms with E-state index in [0.29, 0.717) is 0 Å². The van der Waals surface area contributed by atoms with Crippen LogP contribution in [-0.4, -0.2) is 0 Å². The SMILES string of the molecule is c1ccc(-c2cccc3c2oc2c4ccccc4c(N(c4ccc(-c5cccc6c5-c5ccccc5C65c6ccccc6Oc6ccccc65)cc4)c4ccc(-c5cc6ccccc6c6ccccc56)cc4)cc32)cc1. The minimum atomic E-state index is -0.547. The molecule has 16 rings (SSSR count). The Hall–Kier alpha value is -9.96. The number of hydrogen-bond acceptors (Lipinski definition) is 3. The summed E-state index contributed by atoms with van der Waals surface area (Å²) in [6.07, 6.45) is 0. The number of nitrogens with zero attached hydrogens (tertiary/aromatic N) is 1. The third-order valence-corrected chi connectivity index (χ3v) is 16.3. The third-order valence-electron chi connectivity index (χ3n) is 16.3.